The monoisotopic (exact) mass is 200 g/mol. The fourth-order valence-corrected chi connectivity index (χ4v) is 1.11. The second kappa shape index (κ2) is 5.74. The molecule has 14 heavy (non-hydrogen) atoms. The van der Waals surface area contributed by atoms with Gasteiger partial charge in [0.05, 0.1) is 19.8 Å². The summed E-state index contributed by atoms with van der Waals surface area (Å²) >= 11 is 0. The molecule has 80 valence electrons. The van der Waals surface area contributed by atoms with Crippen LogP contribution >= 0.6 is 0 Å². The number of methoxy groups -OCH3 is 1. The van der Waals surface area contributed by atoms with Gasteiger partial charge in [-0.05, 0) is 0 Å². The Bertz CT molecular complexity index is 262. The van der Waals surface area contributed by atoms with Gasteiger partial charge in [-0.15, -0.1) is 0 Å². The van der Waals surface area contributed by atoms with Crippen LogP contribution in [0.2, 0.25) is 0 Å². The lowest BCUT2D eigenvalue weighted by Crippen LogP contribution is -2.14. The van der Waals surface area contributed by atoms with E-state index < -0.39 is 6.10 Å². The summed E-state index contributed by atoms with van der Waals surface area (Å²) in [5, 5.41) is 9.64. The molecule has 0 radical (unpaired) electrons. The minimum atomic E-state index is -0.674. The zero-order chi connectivity index (χ0) is 10.4. The Morgan fingerprint density at radius 1 is 1.57 bits per heavy atom. The van der Waals surface area contributed by atoms with Crippen molar-refractivity contribution in [3.63, 3.8) is 0 Å². The van der Waals surface area contributed by atoms with Gasteiger partial charge in [0.1, 0.15) is 11.9 Å². The van der Waals surface area contributed by atoms with E-state index in [1.54, 1.807) is 24.1 Å². The van der Waals surface area contributed by atoms with E-state index in [0.717, 1.165) is 0 Å². The molecule has 1 N–H and O–H groups in total. The molecule has 0 aliphatic heterocycles. The average molecular weight is 200 g/mol. The average Bonchev–Trinajstić information content (AvgIpc) is 2.59. The Morgan fingerprint density at radius 3 is 2.93 bits per heavy atom. The summed E-state index contributed by atoms with van der Waals surface area (Å²) < 4.78 is 11.8. The van der Waals surface area contributed by atoms with E-state index in [-0.39, 0.29) is 6.61 Å². The van der Waals surface area contributed by atoms with Gasteiger partial charge in [-0.25, -0.2) is 4.98 Å². The van der Waals surface area contributed by atoms with Crippen molar-refractivity contribution in [2.75, 3.05) is 26.9 Å². The van der Waals surface area contributed by atoms with Crippen molar-refractivity contribution in [3.8, 4) is 0 Å². The molecular weight excluding hydrogens is 184 g/mol. The lowest BCUT2D eigenvalue weighted by molar-refractivity contribution is 0.00843. The van der Waals surface area contributed by atoms with Gasteiger partial charge < -0.3 is 19.1 Å². The Morgan fingerprint density at radius 2 is 2.36 bits per heavy atom. The molecule has 0 spiro atoms. The van der Waals surface area contributed by atoms with Gasteiger partial charge in [0, 0.05) is 26.6 Å². The first-order valence-corrected chi connectivity index (χ1v) is 4.47. The highest BCUT2D eigenvalue weighted by atomic mass is 16.5. The topological polar surface area (TPSA) is 56.5 Å². The smallest absolute Gasteiger partial charge is 0.139 e. The molecule has 0 saturated heterocycles. The zero-order valence-electron chi connectivity index (χ0n) is 8.51. The van der Waals surface area contributed by atoms with Crippen LogP contribution in [0.4, 0.5) is 0 Å². The van der Waals surface area contributed by atoms with E-state index >= 15 is 0 Å². The minimum absolute atomic E-state index is 0.244. The molecule has 0 aliphatic rings. The Balaban J connectivity index is 2.28. The molecule has 5 heteroatoms. The first-order valence-electron chi connectivity index (χ1n) is 4.47. The molecule has 0 fully saturated rings. The first-order chi connectivity index (χ1) is 6.75. The molecular formula is C9H16N2O3. The summed E-state index contributed by atoms with van der Waals surface area (Å²) in [4.78, 5) is 4.02. The summed E-state index contributed by atoms with van der Waals surface area (Å²) in [5.41, 5.74) is 0. The van der Waals surface area contributed by atoms with Crippen molar-refractivity contribution in [1.29, 1.82) is 0 Å². The van der Waals surface area contributed by atoms with Crippen LogP contribution in [0.5, 0.6) is 0 Å². The molecule has 1 aromatic rings. The van der Waals surface area contributed by atoms with Crippen molar-refractivity contribution >= 4 is 0 Å². The maximum absolute atomic E-state index is 9.64. The number of ether oxygens (including phenoxy) is 2. The van der Waals surface area contributed by atoms with Gasteiger partial charge in [0.25, 0.3) is 0 Å². The van der Waals surface area contributed by atoms with Gasteiger partial charge in [-0.3, -0.25) is 0 Å². The summed E-state index contributed by atoms with van der Waals surface area (Å²) in [6.45, 7) is 1.26. The second-order valence-electron chi connectivity index (χ2n) is 2.98. The predicted molar refractivity (Wildman–Crippen MR) is 50.9 cm³/mol. The lowest BCUT2D eigenvalue weighted by atomic mass is 10.3. The van der Waals surface area contributed by atoms with E-state index in [9.17, 15) is 5.11 Å². The fraction of sp³-hybridized carbons (Fsp3) is 0.667. The third-order valence-electron chi connectivity index (χ3n) is 1.86. The van der Waals surface area contributed by atoms with Crippen LogP contribution in [0.25, 0.3) is 0 Å². The number of hydrogen-bond donors (Lipinski definition) is 1. The number of rotatable bonds is 6. The third-order valence-corrected chi connectivity index (χ3v) is 1.86. The van der Waals surface area contributed by atoms with Crippen LogP contribution in [-0.4, -0.2) is 41.6 Å². The van der Waals surface area contributed by atoms with Crippen LogP contribution < -0.4 is 0 Å². The van der Waals surface area contributed by atoms with Crippen molar-refractivity contribution in [3.05, 3.63) is 18.2 Å². The largest absolute Gasteiger partial charge is 0.383 e. The van der Waals surface area contributed by atoms with E-state index in [2.05, 4.69) is 4.98 Å². The van der Waals surface area contributed by atoms with Crippen LogP contribution in [-0.2, 0) is 16.5 Å². The lowest BCUT2D eigenvalue weighted by Gasteiger charge is -2.10. The molecule has 0 amide bonds. The Kier molecular flexibility index (Phi) is 4.58. The van der Waals surface area contributed by atoms with E-state index in [1.807, 2.05) is 7.05 Å². The van der Waals surface area contributed by atoms with Gasteiger partial charge >= 0.3 is 0 Å². The summed E-state index contributed by atoms with van der Waals surface area (Å²) in [5.74, 6) is 0.613. The molecule has 1 heterocycles. The number of hydrogen-bond acceptors (Lipinski definition) is 4. The summed E-state index contributed by atoms with van der Waals surface area (Å²) in [6, 6.07) is 0. The van der Waals surface area contributed by atoms with Crippen LogP contribution in [0.1, 0.15) is 11.9 Å². The molecule has 5 nitrogen and oxygen atoms in total. The first kappa shape index (κ1) is 11.2. The summed E-state index contributed by atoms with van der Waals surface area (Å²) in [7, 11) is 3.44. The molecule has 0 bridgehead atoms. The molecule has 1 unspecified atom stereocenters. The number of aliphatic hydroxyl groups is 1. The number of nitrogens with zero attached hydrogens (tertiary/aromatic N) is 2. The van der Waals surface area contributed by atoms with E-state index in [0.29, 0.717) is 19.0 Å². The van der Waals surface area contributed by atoms with Crippen LogP contribution in [0.15, 0.2) is 12.4 Å². The van der Waals surface area contributed by atoms with Crippen molar-refractivity contribution < 1.29 is 14.6 Å². The molecule has 1 atom stereocenters. The van der Waals surface area contributed by atoms with Gasteiger partial charge in [-0.2, -0.15) is 0 Å². The van der Waals surface area contributed by atoms with Crippen molar-refractivity contribution in [2.24, 2.45) is 7.05 Å². The number of aromatic nitrogens is 2. The minimum Gasteiger partial charge on any atom is -0.383 e. The van der Waals surface area contributed by atoms with Gasteiger partial charge in [0.15, 0.2) is 0 Å². The van der Waals surface area contributed by atoms with E-state index in [4.69, 9.17) is 9.47 Å². The normalized spacial score (nSPS) is 13.1. The highest BCUT2D eigenvalue weighted by molar-refractivity contribution is 4.95. The Hall–Kier alpha value is -0.910. The second-order valence-corrected chi connectivity index (χ2v) is 2.98. The Labute approximate surface area is 83.3 Å². The third kappa shape index (κ3) is 3.10. The highest BCUT2D eigenvalue weighted by Gasteiger charge is 2.11. The van der Waals surface area contributed by atoms with Crippen molar-refractivity contribution in [1.82, 2.24) is 9.55 Å². The zero-order valence-corrected chi connectivity index (χ0v) is 8.51. The molecule has 1 rings (SSSR count). The molecule has 0 aromatic carbocycles. The SMILES string of the molecule is COCCOCC(O)c1nccn1C. The predicted octanol–water partition coefficient (Wildman–Crippen LogP) is 0.116. The maximum atomic E-state index is 9.64. The van der Waals surface area contributed by atoms with Gasteiger partial charge in [-0.1, -0.05) is 0 Å². The standard InChI is InChI=1S/C9H16N2O3/c1-11-4-3-10-9(11)8(12)7-14-6-5-13-2/h3-4,8,12H,5-7H2,1-2H3. The summed E-state index contributed by atoms with van der Waals surface area (Å²) in [6.07, 6.45) is 2.76. The van der Waals surface area contributed by atoms with Gasteiger partial charge in [0.2, 0.25) is 0 Å². The van der Waals surface area contributed by atoms with Crippen LogP contribution in [0, 0.1) is 0 Å². The van der Waals surface area contributed by atoms with E-state index in [1.165, 1.54) is 0 Å². The van der Waals surface area contributed by atoms with Crippen molar-refractivity contribution in [2.45, 2.75) is 6.10 Å². The number of imidazole rings is 1. The number of aliphatic hydroxyl groups excluding tert-OH is 1. The fourth-order valence-electron chi connectivity index (χ4n) is 1.11. The molecule has 0 aliphatic carbocycles. The number of aryl methyl sites for hydroxylation is 1. The van der Waals surface area contributed by atoms with Crippen LogP contribution in [0.3, 0.4) is 0 Å². The highest BCUT2D eigenvalue weighted by Crippen LogP contribution is 2.08. The molecule has 0 saturated carbocycles. The molecule has 1 aromatic heterocycles. The maximum Gasteiger partial charge on any atom is 0.139 e. The quantitative estimate of drug-likeness (QED) is 0.662.